The maximum absolute atomic E-state index is 12.0. The predicted octanol–water partition coefficient (Wildman–Crippen LogP) is 0.979. The van der Waals surface area contributed by atoms with Crippen molar-refractivity contribution in [3.63, 3.8) is 0 Å². The first-order valence-electron chi connectivity index (χ1n) is 6.77. The molecule has 0 bridgehead atoms. The van der Waals surface area contributed by atoms with Crippen LogP contribution in [0.1, 0.15) is 12.8 Å². The van der Waals surface area contributed by atoms with Crippen molar-refractivity contribution in [3.8, 4) is 0 Å². The van der Waals surface area contributed by atoms with Crippen LogP contribution in [0.15, 0.2) is 11.6 Å². The molecule has 5 heteroatoms. The van der Waals surface area contributed by atoms with Crippen LogP contribution in [0, 0.1) is 0 Å². The van der Waals surface area contributed by atoms with E-state index in [0.29, 0.717) is 12.5 Å². The van der Waals surface area contributed by atoms with Gasteiger partial charge in [0.25, 0.3) is 0 Å². The van der Waals surface area contributed by atoms with E-state index in [1.165, 1.54) is 12.8 Å². The van der Waals surface area contributed by atoms with Crippen molar-refractivity contribution in [1.82, 2.24) is 14.7 Å². The van der Waals surface area contributed by atoms with Gasteiger partial charge in [0.15, 0.2) is 0 Å². The molecule has 18 heavy (non-hydrogen) atoms. The molecule has 0 aliphatic carbocycles. The summed E-state index contributed by atoms with van der Waals surface area (Å²) in [5, 5.41) is 0. The first kappa shape index (κ1) is 13.8. The van der Waals surface area contributed by atoms with Crippen LogP contribution in [0.25, 0.3) is 0 Å². The molecule has 0 radical (unpaired) electrons. The SMILES string of the molecule is O=C(CN1CCN(C/C=C/Cl)CC1)N1CCCC1. The summed E-state index contributed by atoms with van der Waals surface area (Å²) in [7, 11) is 0. The third kappa shape index (κ3) is 3.97. The van der Waals surface area contributed by atoms with Crippen molar-refractivity contribution in [2.45, 2.75) is 12.8 Å². The lowest BCUT2D eigenvalue weighted by Gasteiger charge is -2.34. The Kier molecular flexibility index (Phi) is 5.47. The molecule has 2 rings (SSSR count). The van der Waals surface area contributed by atoms with Gasteiger partial charge in [-0.25, -0.2) is 0 Å². The summed E-state index contributed by atoms with van der Waals surface area (Å²) < 4.78 is 0. The molecule has 0 N–H and O–H groups in total. The van der Waals surface area contributed by atoms with Gasteiger partial charge in [-0.15, -0.1) is 0 Å². The third-order valence-corrected chi connectivity index (χ3v) is 3.91. The van der Waals surface area contributed by atoms with Gasteiger partial charge in [0.05, 0.1) is 6.54 Å². The van der Waals surface area contributed by atoms with Crippen LogP contribution >= 0.6 is 11.6 Å². The molecule has 0 atom stereocenters. The van der Waals surface area contributed by atoms with E-state index in [-0.39, 0.29) is 0 Å². The molecule has 0 aromatic rings. The molecule has 0 aromatic heterocycles. The fourth-order valence-electron chi connectivity index (χ4n) is 2.58. The Balaban J connectivity index is 1.68. The second-order valence-corrected chi connectivity index (χ2v) is 5.28. The predicted molar refractivity (Wildman–Crippen MR) is 73.7 cm³/mol. The van der Waals surface area contributed by atoms with Crippen molar-refractivity contribution in [2.24, 2.45) is 0 Å². The number of halogens is 1. The van der Waals surface area contributed by atoms with Gasteiger partial charge in [-0.1, -0.05) is 17.7 Å². The molecular weight excluding hydrogens is 250 g/mol. The average molecular weight is 272 g/mol. The minimum Gasteiger partial charge on any atom is -0.342 e. The van der Waals surface area contributed by atoms with Crippen molar-refractivity contribution in [2.75, 3.05) is 52.4 Å². The maximum Gasteiger partial charge on any atom is 0.236 e. The summed E-state index contributed by atoms with van der Waals surface area (Å²) in [6.07, 6.45) is 4.31. The summed E-state index contributed by atoms with van der Waals surface area (Å²) in [6.45, 7) is 7.43. The van der Waals surface area contributed by atoms with E-state index in [1.54, 1.807) is 5.54 Å². The monoisotopic (exact) mass is 271 g/mol. The van der Waals surface area contributed by atoms with Crippen LogP contribution in [-0.2, 0) is 4.79 Å². The highest BCUT2D eigenvalue weighted by atomic mass is 35.5. The number of amides is 1. The number of hydrogen-bond acceptors (Lipinski definition) is 3. The van der Waals surface area contributed by atoms with Gasteiger partial charge in [-0.05, 0) is 12.8 Å². The first-order valence-corrected chi connectivity index (χ1v) is 7.21. The zero-order valence-electron chi connectivity index (χ0n) is 10.9. The largest absolute Gasteiger partial charge is 0.342 e. The molecular formula is C13H22ClN3O. The number of piperazine rings is 1. The van der Waals surface area contributed by atoms with Crippen LogP contribution in [-0.4, -0.2) is 73.0 Å². The lowest BCUT2D eigenvalue weighted by Crippen LogP contribution is -2.49. The minimum absolute atomic E-state index is 0.307. The van der Waals surface area contributed by atoms with Crippen LogP contribution in [0.4, 0.5) is 0 Å². The molecule has 2 aliphatic rings. The number of carbonyl (C=O) groups excluding carboxylic acids is 1. The standard InChI is InChI=1S/C13H22ClN3O/c14-4-3-5-15-8-10-16(11-9-15)12-13(18)17-6-1-2-7-17/h3-4H,1-2,5-12H2/b4-3+. The van der Waals surface area contributed by atoms with Gasteiger partial charge in [0, 0.05) is 51.3 Å². The van der Waals surface area contributed by atoms with Crippen molar-refractivity contribution in [3.05, 3.63) is 11.6 Å². The average Bonchev–Trinajstić information content (AvgIpc) is 2.92. The molecule has 0 unspecified atom stereocenters. The van der Waals surface area contributed by atoms with E-state index in [9.17, 15) is 4.79 Å². The van der Waals surface area contributed by atoms with Crippen molar-refractivity contribution < 1.29 is 4.79 Å². The van der Waals surface area contributed by atoms with Crippen molar-refractivity contribution in [1.29, 1.82) is 0 Å². The van der Waals surface area contributed by atoms with Crippen LogP contribution in [0.2, 0.25) is 0 Å². The molecule has 2 fully saturated rings. The second kappa shape index (κ2) is 7.12. The quantitative estimate of drug-likeness (QED) is 0.763. The highest BCUT2D eigenvalue weighted by Gasteiger charge is 2.22. The molecule has 2 aliphatic heterocycles. The van der Waals surface area contributed by atoms with Crippen molar-refractivity contribution >= 4 is 17.5 Å². The number of likely N-dealkylation sites (tertiary alicyclic amines) is 1. The minimum atomic E-state index is 0.307. The summed E-state index contributed by atoms with van der Waals surface area (Å²) in [4.78, 5) is 18.6. The molecule has 0 spiro atoms. The van der Waals surface area contributed by atoms with Gasteiger partial charge in [0.2, 0.25) is 5.91 Å². The molecule has 102 valence electrons. The lowest BCUT2D eigenvalue weighted by atomic mass is 10.3. The topological polar surface area (TPSA) is 26.8 Å². The zero-order chi connectivity index (χ0) is 12.8. The molecule has 2 saturated heterocycles. The smallest absolute Gasteiger partial charge is 0.236 e. The molecule has 0 aromatic carbocycles. The number of rotatable bonds is 4. The third-order valence-electron chi connectivity index (χ3n) is 3.74. The van der Waals surface area contributed by atoms with Crippen LogP contribution in [0.3, 0.4) is 0 Å². The Bertz CT molecular complexity index is 295. The normalized spacial score (nSPS) is 23.1. The van der Waals surface area contributed by atoms with E-state index < -0.39 is 0 Å². The van der Waals surface area contributed by atoms with E-state index >= 15 is 0 Å². The molecule has 1 amide bonds. The molecule has 2 heterocycles. The van der Waals surface area contributed by atoms with Gasteiger partial charge in [-0.2, -0.15) is 0 Å². The Morgan fingerprint density at radius 2 is 1.61 bits per heavy atom. The maximum atomic E-state index is 12.0. The summed E-state index contributed by atoms with van der Waals surface area (Å²) in [5.74, 6) is 0.307. The van der Waals surface area contributed by atoms with E-state index in [1.807, 2.05) is 11.0 Å². The summed E-state index contributed by atoms with van der Waals surface area (Å²) in [5.41, 5.74) is 1.57. The lowest BCUT2D eigenvalue weighted by molar-refractivity contribution is -0.131. The number of nitrogens with zero attached hydrogens (tertiary/aromatic N) is 3. The van der Waals surface area contributed by atoms with Gasteiger partial charge < -0.3 is 4.90 Å². The molecule has 4 nitrogen and oxygen atoms in total. The summed E-state index contributed by atoms with van der Waals surface area (Å²) >= 11 is 5.52. The fraction of sp³-hybridized carbons (Fsp3) is 0.769. The Labute approximate surface area is 114 Å². The van der Waals surface area contributed by atoms with E-state index in [4.69, 9.17) is 11.6 Å². The zero-order valence-corrected chi connectivity index (χ0v) is 11.6. The highest BCUT2D eigenvalue weighted by molar-refractivity contribution is 6.25. The van der Waals surface area contributed by atoms with Crippen LogP contribution < -0.4 is 0 Å². The van der Waals surface area contributed by atoms with Gasteiger partial charge >= 0.3 is 0 Å². The Hall–Kier alpha value is -0.580. The summed E-state index contributed by atoms with van der Waals surface area (Å²) in [6, 6.07) is 0. The molecule has 0 saturated carbocycles. The van der Waals surface area contributed by atoms with E-state index in [0.717, 1.165) is 45.8 Å². The van der Waals surface area contributed by atoms with E-state index in [2.05, 4.69) is 9.80 Å². The highest BCUT2D eigenvalue weighted by Crippen LogP contribution is 2.09. The number of carbonyl (C=O) groups is 1. The number of hydrogen-bond donors (Lipinski definition) is 0. The van der Waals surface area contributed by atoms with Crippen LogP contribution in [0.5, 0.6) is 0 Å². The van der Waals surface area contributed by atoms with Gasteiger partial charge in [0.1, 0.15) is 0 Å². The Morgan fingerprint density at radius 1 is 1.00 bits per heavy atom. The Morgan fingerprint density at radius 3 is 2.22 bits per heavy atom. The fourth-order valence-corrected chi connectivity index (χ4v) is 2.66. The second-order valence-electron chi connectivity index (χ2n) is 5.03. The first-order chi connectivity index (χ1) is 8.79. The van der Waals surface area contributed by atoms with Gasteiger partial charge in [-0.3, -0.25) is 14.6 Å².